The van der Waals surface area contributed by atoms with Crippen molar-refractivity contribution >= 4 is 25.8 Å². The fourth-order valence-electron chi connectivity index (χ4n) is 1.22. The van der Waals surface area contributed by atoms with Crippen molar-refractivity contribution in [1.82, 2.24) is 0 Å². The van der Waals surface area contributed by atoms with Crippen molar-refractivity contribution in [1.29, 1.82) is 0 Å². The van der Waals surface area contributed by atoms with Crippen LogP contribution in [-0.2, 0) is 10.5 Å². The van der Waals surface area contributed by atoms with Gasteiger partial charge in [0, 0.05) is 0 Å². The molecule has 0 spiro atoms. The van der Waals surface area contributed by atoms with Gasteiger partial charge in [0.15, 0.2) is 0 Å². The van der Waals surface area contributed by atoms with Crippen molar-refractivity contribution in [3.63, 3.8) is 0 Å². The molecule has 2 rings (SSSR count). The summed E-state index contributed by atoms with van der Waals surface area (Å²) in [5, 5.41) is 2.96. The third-order valence-corrected chi connectivity index (χ3v) is 11.2. The van der Waals surface area contributed by atoms with Crippen molar-refractivity contribution in [2.24, 2.45) is 0 Å². The van der Waals surface area contributed by atoms with E-state index in [2.05, 4.69) is 24.3 Å². The van der Waals surface area contributed by atoms with Gasteiger partial charge in [-0.3, -0.25) is 0 Å². The molecule has 0 saturated carbocycles. The van der Waals surface area contributed by atoms with Gasteiger partial charge in [0.05, 0.1) is 0 Å². The fourth-order valence-corrected chi connectivity index (χ4v) is 10.9. The molecule has 10 heavy (non-hydrogen) atoms. The summed E-state index contributed by atoms with van der Waals surface area (Å²) in [4.78, 5) is 0. The quantitative estimate of drug-likeness (QED) is 0.602. The maximum absolute atomic E-state index is 2.31. The molecule has 0 nitrogen and oxygen atoms in total. The zero-order valence-electron chi connectivity index (χ0n) is 5.72. The SMILES string of the molecule is c1ccc2c(c1)[CH2][Ge]=[Ge][CH2]2. The van der Waals surface area contributed by atoms with E-state index in [9.17, 15) is 0 Å². The van der Waals surface area contributed by atoms with Gasteiger partial charge < -0.3 is 0 Å². The number of fused-ring (bicyclic) bond motifs is 1. The zero-order chi connectivity index (χ0) is 6.81. The van der Waals surface area contributed by atoms with Crippen LogP contribution in [0.5, 0.6) is 0 Å². The molecule has 0 unspecified atom stereocenters. The van der Waals surface area contributed by atoms with Crippen LogP contribution in [0.1, 0.15) is 11.1 Å². The number of hydrogen-bond acceptors (Lipinski definition) is 0. The number of benzene rings is 1. The average molecular weight is 249 g/mol. The van der Waals surface area contributed by atoms with Crippen LogP contribution in [0, 0.1) is 0 Å². The van der Waals surface area contributed by atoms with Gasteiger partial charge in [-0.25, -0.2) is 0 Å². The van der Waals surface area contributed by atoms with Crippen molar-refractivity contribution in [2.75, 3.05) is 0 Å². The van der Waals surface area contributed by atoms with Crippen LogP contribution in [-0.4, -0.2) is 25.8 Å². The van der Waals surface area contributed by atoms with Crippen molar-refractivity contribution in [2.45, 2.75) is 10.5 Å². The topological polar surface area (TPSA) is 0 Å². The molecule has 0 amide bonds. The molecule has 0 fully saturated rings. The number of hydrogen-bond donors (Lipinski definition) is 0. The Morgan fingerprint density at radius 1 is 0.900 bits per heavy atom. The minimum absolute atomic E-state index is 0.533. The van der Waals surface area contributed by atoms with Crippen molar-refractivity contribution in [3.8, 4) is 0 Å². The second-order valence-electron chi connectivity index (χ2n) is 2.48. The summed E-state index contributed by atoms with van der Waals surface area (Å²) in [7, 11) is 0. The van der Waals surface area contributed by atoms with Gasteiger partial charge in [0.2, 0.25) is 0 Å². The zero-order valence-corrected chi connectivity index (χ0v) is 9.92. The molecule has 1 aromatic rings. The van der Waals surface area contributed by atoms with Gasteiger partial charge in [-0.1, -0.05) is 0 Å². The molecule has 0 aliphatic carbocycles. The summed E-state index contributed by atoms with van der Waals surface area (Å²) >= 11 is 1.07. The summed E-state index contributed by atoms with van der Waals surface area (Å²) in [6, 6.07) is 8.97. The van der Waals surface area contributed by atoms with Crippen LogP contribution in [0.2, 0.25) is 0 Å². The molecule has 0 N–H and O–H groups in total. The van der Waals surface area contributed by atoms with E-state index < -0.39 is 0 Å². The van der Waals surface area contributed by atoms with E-state index >= 15 is 0 Å². The summed E-state index contributed by atoms with van der Waals surface area (Å²) in [6.45, 7) is 0. The molecule has 1 aliphatic heterocycles. The third kappa shape index (κ3) is 1.32. The molecule has 0 saturated heterocycles. The number of rotatable bonds is 0. The normalized spacial score (nSPS) is 14.8. The van der Waals surface area contributed by atoms with Crippen LogP contribution in [0.25, 0.3) is 0 Å². The van der Waals surface area contributed by atoms with Crippen molar-refractivity contribution < 1.29 is 0 Å². The Morgan fingerprint density at radius 2 is 1.40 bits per heavy atom. The molecule has 1 heterocycles. The van der Waals surface area contributed by atoms with Gasteiger partial charge >= 0.3 is 71.7 Å². The fraction of sp³-hybridized carbons (Fsp3) is 0.250. The van der Waals surface area contributed by atoms with Crippen LogP contribution < -0.4 is 0 Å². The molecule has 2 heteroatoms. The predicted molar refractivity (Wildman–Crippen MR) is 45.4 cm³/mol. The first-order chi connectivity index (χ1) is 4.97. The Balaban J connectivity index is 2.47. The molecule has 0 atom stereocenters. The Hall–Kier alpha value is 0.306. The predicted octanol–water partition coefficient (Wildman–Crippen LogP) is 1.02. The van der Waals surface area contributed by atoms with E-state index in [1.54, 1.807) is 11.1 Å². The molecular formula is C8H8Ge2. The Bertz CT molecular complexity index is 239. The van der Waals surface area contributed by atoms with Gasteiger partial charge in [0.25, 0.3) is 0 Å². The molecule has 1 aliphatic rings. The first-order valence-corrected chi connectivity index (χ1v) is 13.0. The Labute approximate surface area is 71.7 Å². The standard InChI is InChI=1S/C8H8Ge2/c1-2-4-8-6-10-9-5-7(8)3-1/h1-4H,5-6H2. The van der Waals surface area contributed by atoms with Gasteiger partial charge in [-0.15, -0.1) is 0 Å². The average Bonchev–Trinajstić information content (AvgIpc) is 2.05. The monoisotopic (exact) mass is 252 g/mol. The molecule has 0 aromatic heterocycles. The molecule has 0 bridgehead atoms. The van der Waals surface area contributed by atoms with E-state index in [-0.39, 0.29) is 0 Å². The second kappa shape index (κ2) is 3.14. The molecule has 1 aromatic carbocycles. The van der Waals surface area contributed by atoms with Crippen LogP contribution in [0.3, 0.4) is 0 Å². The first kappa shape index (κ1) is 6.98. The molecular weight excluding hydrogens is 241 g/mol. The summed E-state index contributed by atoms with van der Waals surface area (Å²) in [5.41, 5.74) is 3.33. The van der Waals surface area contributed by atoms with Crippen LogP contribution >= 0.6 is 0 Å². The van der Waals surface area contributed by atoms with Crippen LogP contribution in [0.4, 0.5) is 0 Å². The Kier molecular flexibility index (Phi) is 2.19. The third-order valence-electron chi connectivity index (χ3n) is 1.80. The Morgan fingerprint density at radius 3 is 1.90 bits per heavy atom. The summed E-state index contributed by atoms with van der Waals surface area (Å²) in [6.07, 6.45) is 0. The van der Waals surface area contributed by atoms with Crippen LogP contribution in [0.15, 0.2) is 24.3 Å². The first-order valence-electron chi connectivity index (χ1n) is 3.49. The van der Waals surface area contributed by atoms with Gasteiger partial charge in [-0.05, 0) is 0 Å². The minimum atomic E-state index is 0.533. The van der Waals surface area contributed by atoms with E-state index in [1.807, 2.05) is 0 Å². The van der Waals surface area contributed by atoms with Gasteiger partial charge in [0.1, 0.15) is 0 Å². The van der Waals surface area contributed by atoms with Gasteiger partial charge in [-0.2, -0.15) is 0 Å². The van der Waals surface area contributed by atoms with E-state index in [1.165, 1.54) is 10.5 Å². The molecule has 48 valence electrons. The summed E-state index contributed by atoms with van der Waals surface area (Å²) < 4.78 is 0. The second-order valence-corrected chi connectivity index (χ2v) is 13.2. The van der Waals surface area contributed by atoms with Crippen molar-refractivity contribution in [3.05, 3.63) is 35.4 Å². The summed E-state index contributed by atoms with van der Waals surface area (Å²) in [5.74, 6) is 0. The molecule has 2 radical (unpaired) electrons. The van der Waals surface area contributed by atoms with E-state index in [4.69, 9.17) is 0 Å². The maximum atomic E-state index is 2.31. The van der Waals surface area contributed by atoms with E-state index in [0.717, 1.165) is 0 Å². The van der Waals surface area contributed by atoms with E-state index in [0.29, 0.717) is 25.8 Å².